The Kier molecular flexibility index (Phi) is 8.33. The Morgan fingerprint density at radius 3 is 2.58 bits per heavy atom. The highest BCUT2D eigenvalue weighted by molar-refractivity contribution is 14.1. The van der Waals surface area contributed by atoms with Crippen molar-refractivity contribution in [2.45, 2.75) is 44.4 Å². The molecule has 1 saturated heterocycles. The van der Waals surface area contributed by atoms with Crippen LogP contribution < -0.4 is 10.1 Å². The lowest BCUT2D eigenvalue weighted by atomic mass is 10.0. The number of ether oxygens (including phenoxy) is 3. The minimum Gasteiger partial charge on any atom is -0.497 e. The van der Waals surface area contributed by atoms with Gasteiger partial charge in [-0.1, -0.05) is 46.9 Å². The number of esters is 1. The lowest BCUT2D eigenvalue weighted by molar-refractivity contribution is -0.152. The minimum atomic E-state index is -0.760. The molecule has 2 atom stereocenters. The Balaban J connectivity index is 1.74. The van der Waals surface area contributed by atoms with Gasteiger partial charge in [-0.2, -0.15) is 0 Å². The number of fused-ring (bicyclic) bond motifs is 1. The number of rotatable bonds is 7. The van der Waals surface area contributed by atoms with Gasteiger partial charge in [0.25, 0.3) is 5.91 Å². The van der Waals surface area contributed by atoms with Crippen LogP contribution in [0.4, 0.5) is 4.79 Å². The van der Waals surface area contributed by atoms with Crippen molar-refractivity contribution >= 4 is 52.3 Å². The molecule has 10 heteroatoms. The van der Waals surface area contributed by atoms with E-state index in [0.29, 0.717) is 11.5 Å². The van der Waals surface area contributed by atoms with Crippen molar-refractivity contribution in [3.63, 3.8) is 0 Å². The number of nitrogens with one attached hydrogen (secondary N) is 1. The number of hydrogen-bond acceptors (Lipinski definition) is 7. The molecule has 0 aliphatic carbocycles. The van der Waals surface area contributed by atoms with E-state index in [1.807, 2.05) is 24.3 Å². The average Bonchev–Trinajstić information content (AvgIpc) is 2.78. The second kappa shape index (κ2) is 10.8. The van der Waals surface area contributed by atoms with E-state index in [-0.39, 0.29) is 18.2 Å². The van der Waals surface area contributed by atoms with Gasteiger partial charge < -0.3 is 19.5 Å². The summed E-state index contributed by atoms with van der Waals surface area (Å²) in [4.78, 5) is 39.6. The summed E-state index contributed by atoms with van der Waals surface area (Å²) >= 11 is 3.69. The van der Waals surface area contributed by atoms with Crippen LogP contribution in [0.25, 0.3) is 0 Å². The number of methoxy groups -OCH3 is 1. The van der Waals surface area contributed by atoms with Gasteiger partial charge >= 0.3 is 12.1 Å². The van der Waals surface area contributed by atoms with Crippen molar-refractivity contribution in [1.82, 2.24) is 10.2 Å². The zero-order valence-electron chi connectivity index (χ0n) is 18.9. The predicted molar refractivity (Wildman–Crippen MR) is 134 cm³/mol. The maximum absolute atomic E-state index is 13.1. The molecular formula is C23H27IN2O6S. The first-order valence-electron chi connectivity index (χ1n) is 10.3. The maximum atomic E-state index is 13.1. The van der Waals surface area contributed by atoms with Gasteiger partial charge in [0, 0.05) is 10.2 Å². The monoisotopic (exact) mass is 586 g/mol. The molecule has 33 heavy (non-hydrogen) atoms. The van der Waals surface area contributed by atoms with E-state index in [1.165, 1.54) is 16.7 Å². The Morgan fingerprint density at radius 1 is 1.27 bits per heavy atom. The highest BCUT2D eigenvalue weighted by Crippen LogP contribution is 2.41. The van der Waals surface area contributed by atoms with Gasteiger partial charge in [0.2, 0.25) is 0 Å². The summed E-state index contributed by atoms with van der Waals surface area (Å²) in [5, 5.41) is 2.23. The first-order chi connectivity index (χ1) is 15.6. The molecule has 178 valence electrons. The molecule has 2 aliphatic heterocycles. The van der Waals surface area contributed by atoms with Crippen LogP contribution in [0.1, 0.15) is 26.3 Å². The number of hydrogen-bond donors (Lipinski definition) is 1. The number of nitrogens with zero attached hydrogens (tertiary/aromatic N) is 1. The number of carbonyl (C=O) groups excluding carboxylic acids is 3. The third kappa shape index (κ3) is 6.23. The molecule has 1 fully saturated rings. The van der Waals surface area contributed by atoms with Gasteiger partial charge in [-0.15, -0.1) is 11.8 Å². The lowest BCUT2D eigenvalue weighted by Crippen LogP contribution is -2.70. The third-order valence-corrected chi connectivity index (χ3v) is 6.61. The molecular weight excluding hydrogens is 559 g/mol. The van der Waals surface area contributed by atoms with Crippen molar-refractivity contribution < 1.29 is 28.6 Å². The number of alkyl carbamates (subject to hydrolysis) is 1. The highest BCUT2D eigenvalue weighted by Gasteiger charge is 2.54. The molecule has 0 unspecified atom stereocenters. The number of halogens is 1. The molecule has 3 rings (SSSR count). The molecule has 1 aromatic carbocycles. The molecule has 0 bridgehead atoms. The fourth-order valence-electron chi connectivity index (χ4n) is 3.32. The molecule has 2 aliphatic rings. The highest BCUT2D eigenvalue weighted by atomic mass is 127. The van der Waals surface area contributed by atoms with Gasteiger partial charge in [0.05, 0.1) is 7.11 Å². The van der Waals surface area contributed by atoms with Gasteiger partial charge in [-0.3, -0.25) is 9.69 Å². The van der Waals surface area contributed by atoms with E-state index in [0.717, 1.165) is 15.6 Å². The first kappa shape index (κ1) is 25.4. The standard InChI is InChI=1S/C23H27IN2O6S/c1-23(2,3)32-22(29)25-17-19(27)26-18(15(6-5-11-24)13-33-20(17)26)21(28)31-12-14-7-9-16(30-4)10-8-14/h5-10,17,20H,11-13H2,1-4H3,(H,25,29)/b6-5+/t17-,20-/m1/s1. The predicted octanol–water partition coefficient (Wildman–Crippen LogP) is 3.79. The third-order valence-electron chi connectivity index (χ3n) is 4.80. The molecule has 0 radical (unpaired) electrons. The number of carbonyl (C=O) groups is 3. The zero-order chi connectivity index (χ0) is 24.2. The van der Waals surface area contributed by atoms with Gasteiger partial charge in [0.15, 0.2) is 0 Å². The fourth-order valence-corrected chi connectivity index (χ4v) is 4.89. The smallest absolute Gasteiger partial charge is 0.408 e. The second-order valence-corrected chi connectivity index (χ2v) is 10.4. The van der Waals surface area contributed by atoms with Crippen LogP contribution in [-0.2, 0) is 25.7 Å². The number of amides is 2. The quantitative estimate of drug-likeness (QED) is 0.225. The van der Waals surface area contributed by atoms with Gasteiger partial charge in [-0.25, -0.2) is 9.59 Å². The van der Waals surface area contributed by atoms with Crippen molar-refractivity contribution in [2.24, 2.45) is 0 Å². The molecule has 0 saturated carbocycles. The molecule has 2 heterocycles. The number of thioether (sulfide) groups is 1. The van der Waals surface area contributed by atoms with E-state index < -0.39 is 29.1 Å². The topological polar surface area (TPSA) is 94.2 Å². The van der Waals surface area contributed by atoms with E-state index in [1.54, 1.807) is 40.0 Å². The van der Waals surface area contributed by atoms with Crippen molar-refractivity contribution in [3.05, 3.63) is 53.3 Å². The summed E-state index contributed by atoms with van der Waals surface area (Å²) in [6.07, 6.45) is 3.11. The van der Waals surface area contributed by atoms with Crippen molar-refractivity contribution in [3.8, 4) is 5.75 Å². The lowest BCUT2D eigenvalue weighted by Gasteiger charge is -2.49. The summed E-state index contributed by atoms with van der Waals surface area (Å²) in [5.41, 5.74) is 1.07. The van der Waals surface area contributed by atoms with E-state index in [4.69, 9.17) is 14.2 Å². The Morgan fingerprint density at radius 2 is 1.97 bits per heavy atom. The minimum absolute atomic E-state index is 0.0645. The number of β-lactam (4-membered cyclic amide) rings is 1. The zero-order valence-corrected chi connectivity index (χ0v) is 21.9. The molecule has 1 N–H and O–H groups in total. The summed E-state index contributed by atoms with van der Waals surface area (Å²) in [7, 11) is 1.58. The molecule has 2 amide bonds. The Hall–Kier alpha value is -2.21. The van der Waals surface area contributed by atoms with E-state index >= 15 is 0 Å². The molecule has 8 nitrogen and oxygen atoms in total. The number of benzene rings is 1. The van der Waals surface area contributed by atoms with Crippen LogP contribution in [-0.4, -0.2) is 57.2 Å². The SMILES string of the molecule is COc1ccc(COC(=O)C2=C(/C=C/CI)CS[C@@H]3[C@H](NC(=O)OC(C)(C)C)C(=O)N23)cc1. The first-order valence-corrected chi connectivity index (χ1v) is 12.9. The molecule has 0 spiro atoms. The molecule has 0 aromatic heterocycles. The van der Waals surface area contributed by atoms with Crippen LogP contribution in [0.5, 0.6) is 5.75 Å². The summed E-state index contributed by atoms with van der Waals surface area (Å²) in [5.74, 6) is 0.283. The van der Waals surface area contributed by atoms with Crippen LogP contribution in [0, 0.1) is 0 Å². The average molecular weight is 586 g/mol. The Bertz CT molecular complexity index is 970. The maximum Gasteiger partial charge on any atom is 0.408 e. The van der Waals surface area contributed by atoms with E-state index in [2.05, 4.69) is 27.9 Å². The second-order valence-electron chi connectivity index (χ2n) is 8.39. The fraction of sp³-hybridized carbons (Fsp3) is 0.435. The largest absolute Gasteiger partial charge is 0.497 e. The van der Waals surface area contributed by atoms with Crippen LogP contribution in [0.2, 0.25) is 0 Å². The Labute approximate surface area is 211 Å². The summed E-state index contributed by atoms with van der Waals surface area (Å²) in [6, 6.07) is 6.44. The van der Waals surface area contributed by atoms with E-state index in [9.17, 15) is 14.4 Å². The van der Waals surface area contributed by atoms with Crippen molar-refractivity contribution in [1.29, 1.82) is 0 Å². The van der Waals surface area contributed by atoms with Crippen LogP contribution >= 0.6 is 34.4 Å². The van der Waals surface area contributed by atoms with Gasteiger partial charge in [-0.05, 0) is 44.0 Å². The number of allylic oxidation sites excluding steroid dienone is 2. The summed E-state index contributed by atoms with van der Waals surface area (Å²) in [6.45, 7) is 5.32. The van der Waals surface area contributed by atoms with Crippen LogP contribution in [0.15, 0.2) is 47.7 Å². The number of alkyl halides is 1. The normalized spacial score (nSPS) is 20.3. The summed E-state index contributed by atoms with van der Waals surface area (Å²) < 4.78 is 16.7. The van der Waals surface area contributed by atoms with Crippen molar-refractivity contribution in [2.75, 3.05) is 17.3 Å². The van der Waals surface area contributed by atoms with Gasteiger partial charge in [0.1, 0.15) is 35.1 Å². The van der Waals surface area contributed by atoms with Crippen LogP contribution in [0.3, 0.4) is 0 Å². The molecule has 1 aromatic rings.